The molecular weight excluding hydrogens is 289 g/mol. The van der Waals surface area contributed by atoms with Gasteiger partial charge in [-0.1, -0.05) is 35.3 Å². The summed E-state index contributed by atoms with van der Waals surface area (Å²) in [6, 6.07) is 9.16. The molecule has 1 aromatic carbocycles. The van der Waals surface area contributed by atoms with Crippen LogP contribution in [0.1, 0.15) is 22.2 Å². The van der Waals surface area contributed by atoms with Crippen LogP contribution in [0, 0.1) is 13.3 Å². The van der Waals surface area contributed by atoms with Gasteiger partial charge >= 0.3 is 0 Å². The van der Waals surface area contributed by atoms with Crippen LogP contribution in [0.15, 0.2) is 36.5 Å². The van der Waals surface area contributed by atoms with Gasteiger partial charge in [-0.3, -0.25) is 4.98 Å². The van der Waals surface area contributed by atoms with E-state index in [1.165, 1.54) is 0 Å². The molecule has 0 saturated heterocycles. The first-order chi connectivity index (χ1) is 8.58. The van der Waals surface area contributed by atoms with Gasteiger partial charge in [0.2, 0.25) is 0 Å². The second-order valence-electron chi connectivity index (χ2n) is 3.91. The highest BCUT2D eigenvalue weighted by Gasteiger charge is 2.14. The molecule has 0 aliphatic heterocycles. The monoisotopic (exact) mass is 298 g/mol. The Bertz CT molecular complexity index is 554. The van der Waals surface area contributed by atoms with E-state index in [-0.39, 0.29) is 5.38 Å². The van der Waals surface area contributed by atoms with Crippen LogP contribution >= 0.6 is 34.8 Å². The van der Waals surface area contributed by atoms with Crippen LogP contribution in [-0.2, 0) is 0 Å². The fraction of sp³-hybridized carbons (Fsp3) is 0.143. The number of halogens is 3. The highest BCUT2D eigenvalue weighted by molar-refractivity contribution is 6.36. The maximum atomic E-state index is 6.36. The molecule has 4 heteroatoms. The van der Waals surface area contributed by atoms with E-state index in [0.29, 0.717) is 10.0 Å². The van der Waals surface area contributed by atoms with E-state index >= 15 is 0 Å². The molecule has 1 aromatic heterocycles. The van der Waals surface area contributed by atoms with Gasteiger partial charge in [0.15, 0.2) is 0 Å². The standard InChI is InChI=1S/C14H11Cl3N/c1-9-10(3-2-6-18-9)7-13(16)12-5-4-11(15)8-14(12)17/h2-8,13H,1H3. The van der Waals surface area contributed by atoms with E-state index in [1.807, 2.05) is 31.5 Å². The fourth-order valence-electron chi connectivity index (χ4n) is 1.65. The molecule has 0 N–H and O–H groups in total. The van der Waals surface area contributed by atoms with Crippen molar-refractivity contribution in [3.05, 3.63) is 69.8 Å². The van der Waals surface area contributed by atoms with Crippen molar-refractivity contribution >= 4 is 34.8 Å². The van der Waals surface area contributed by atoms with Crippen LogP contribution in [0.5, 0.6) is 0 Å². The summed E-state index contributed by atoms with van der Waals surface area (Å²) in [7, 11) is 0. The van der Waals surface area contributed by atoms with Gasteiger partial charge in [0, 0.05) is 28.4 Å². The Balaban J connectivity index is 2.22. The summed E-state index contributed by atoms with van der Waals surface area (Å²) in [6.45, 7) is 1.94. The van der Waals surface area contributed by atoms with Crippen molar-refractivity contribution in [2.24, 2.45) is 0 Å². The minimum absolute atomic E-state index is 0.308. The number of nitrogens with zero attached hydrogens (tertiary/aromatic N) is 1. The van der Waals surface area contributed by atoms with Gasteiger partial charge < -0.3 is 0 Å². The third kappa shape index (κ3) is 3.17. The molecule has 0 aliphatic rings. The maximum Gasteiger partial charge on any atom is 0.0675 e. The lowest BCUT2D eigenvalue weighted by atomic mass is 10.0. The first-order valence-corrected chi connectivity index (χ1v) is 6.62. The quantitative estimate of drug-likeness (QED) is 0.707. The summed E-state index contributed by atoms with van der Waals surface area (Å²) >= 11 is 18.3. The van der Waals surface area contributed by atoms with E-state index in [2.05, 4.69) is 4.98 Å². The van der Waals surface area contributed by atoms with Crippen molar-refractivity contribution in [1.29, 1.82) is 0 Å². The minimum atomic E-state index is -0.308. The van der Waals surface area contributed by atoms with Crippen molar-refractivity contribution in [1.82, 2.24) is 4.98 Å². The average molecular weight is 300 g/mol. The molecule has 0 amide bonds. The largest absolute Gasteiger partial charge is 0.261 e. The number of rotatable bonds is 3. The van der Waals surface area contributed by atoms with Crippen molar-refractivity contribution in [2.45, 2.75) is 12.3 Å². The molecule has 0 saturated carbocycles. The Morgan fingerprint density at radius 2 is 2.00 bits per heavy atom. The van der Waals surface area contributed by atoms with Crippen LogP contribution in [0.25, 0.3) is 0 Å². The van der Waals surface area contributed by atoms with E-state index in [9.17, 15) is 0 Å². The molecule has 0 spiro atoms. The first-order valence-electron chi connectivity index (χ1n) is 5.43. The summed E-state index contributed by atoms with van der Waals surface area (Å²) in [5.41, 5.74) is 2.78. The number of benzene rings is 1. The molecule has 18 heavy (non-hydrogen) atoms. The van der Waals surface area contributed by atoms with Gasteiger partial charge in [-0.25, -0.2) is 0 Å². The minimum Gasteiger partial charge on any atom is -0.261 e. The van der Waals surface area contributed by atoms with E-state index in [4.69, 9.17) is 34.8 Å². The topological polar surface area (TPSA) is 12.9 Å². The molecule has 1 nitrogen and oxygen atoms in total. The number of aryl methyl sites for hydroxylation is 1. The molecule has 2 rings (SSSR count). The van der Waals surface area contributed by atoms with Crippen molar-refractivity contribution in [2.75, 3.05) is 0 Å². The van der Waals surface area contributed by atoms with Crippen molar-refractivity contribution in [3.8, 4) is 0 Å². The number of alkyl halides is 1. The molecule has 1 unspecified atom stereocenters. The van der Waals surface area contributed by atoms with E-state index in [1.54, 1.807) is 18.3 Å². The van der Waals surface area contributed by atoms with E-state index < -0.39 is 0 Å². The molecule has 0 fully saturated rings. The Kier molecular flexibility index (Phi) is 4.50. The second kappa shape index (κ2) is 5.92. The lowest BCUT2D eigenvalue weighted by Crippen LogP contribution is -1.97. The predicted molar refractivity (Wildman–Crippen MR) is 77.4 cm³/mol. The summed E-state index contributed by atoms with van der Waals surface area (Å²) < 4.78 is 0. The molecule has 93 valence electrons. The van der Waals surface area contributed by atoms with Crippen LogP contribution in [-0.4, -0.2) is 4.98 Å². The maximum absolute atomic E-state index is 6.36. The Morgan fingerprint density at radius 1 is 1.22 bits per heavy atom. The van der Waals surface area contributed by atoms with Crippen molar-refractivity contribution in [3.63, 3.8) is 0 Å². The van der Waals surface area contributed by atoms with Gasteiger partial charge in [-0.05, 0) is 36.2 Å². The second-order valence-corrected chi connectivity index (χ2v) is 5.23. The SMILES string of the molecule is Cc1ncccc1[CH]C(Cl)c1ccc(Cl)cc1Cl. The zero-order chi connectivity index (χ0) is 13.1. The van der Waals surface area contributed by atoms with Gasteiger partial charge in [-0.2, -0.15) is 0 Å². The van der Waals surface area contributed by atoms with Crippen LogP contribution in [0.4, 0.5) is 0 Å². The highest BCUT2D eigenvalue weighted by Crippen LogP contribution is 2.33. The van der Waals surface area contributed by atoms with Crippen LogP contribution in [0.2, 0.25) is 10.0 Å². The lowest BCUT2D eigenvalue weighted by Gasteiger charge is -2.12. The van der Waals surface area contributed by atoms with Crippen LogP contribution in [0.3, 0.4) is 0 Å². The van der Waals surface area contributed by atoms with Gasteiger partial charge in [0.25, 0.3) is 0 Å². The summed E-state index contributed by atoms with van der Waals surface area (Å²) in [5, 5.41) is 0.864. The lowest BCUT2D eigenvalue weighted by molar-refractivity contribution is 1.07. The smallest absolute Gasteiger partial charge is 0.0675 e. The number of pyridine rings is 1. The van der Waals surface area contributed by atoms with Crippen molar-refractivity contribution < 1.29 is 0 Å². The molecule has 2 aromatic rings. The van der Waals surface area contributed by atoms with Gasteiger partial charge in [0.05, 0.1) is 5.38 Å². The number of hydrogen-bond acceptors (Lipinski definition) is 1. The summed E-state index contributed by atoms with van der Waals surface area (Å²) in [6.07, 6.45) is 3.68. The highest BCUT2D eigenvalue weighted by atomic mass is 35.5. The number of hydrogen-bond donors (Lipinski definition) is 0. The number of aromatic nitrogens is 1. The third-order valence-electron chi connectivity index (χ3n) is 2.63. The van der Waals surface area contributed by atoms with Gasteiger partial charge in [-0.15, -0.1) is 11.6 Å². The Morgan fingerprint density at radius 3 is 2.67 bits per heavy atom. The third-order valence-corrected chi connectivity index (χ3v) is 3.56. The Hall–Kier alpha value is -0.760. The zero-order valence-corrected chi connectivity index (χ0v) is 12.0. The molecule has 1 radical (unpaired) electrons. The zero-order valence-electron chi connectivity index (χ0n) is 9.70. The fourth-order valence-corrected chi connectivity index (χ4v) is 2.55. The van der Waals surface area contributed by atoms with Crippen LogP contribution < -0.4 is 0 Å². The van der Waals surface area contributed by atoms with Gasteiger partial charge in [0.1, 0.15) is 0 Å². The average Bonchev–Trinajstić information content (AvgIpc) is 2.32. The normalized spacial score (nSPS) is 12.4. The summed E-state index contributed by atoms with van der Waals surface area (Å²) in [4.78, 5) is 4.22. The molecule has 0 aliphatic carbocycles. The first kappa shape index (κ1) is 13.7. The molecule has 1 heterocycles. The van der Waals surface area contributed by atoms with E-state index in [0.717, 1.165) is 16.8 Å². The summed E-state index contributed by atoms with van der Waals surface area (Å²) in [5.74, 6) is 0. The molecule has 1 atom stereocenters. The Labute approximate surface area is 122 Å². The molecular formula is C14H11Cl3N. The predicted octanol–water partition coefficient (Wildman–Crippen LogP) is 5.23. The molecule has 0 bridgehead atoms.